The molecule has 0 heterocycles. The lowest BCUT2D eigenvalue weighted by molar-refractivity contribution is -0.0933. The number of unbranched alkanes of at least 4 members (excludes halogenated alkanes) is 5. The predicted molar refractivity (Wildman–Crippen MR) is 83.3 cm³/mol. The number of aryl methyl sites for hydroxylation is 1. The summed E-state index contributed by atoms with van der Waals surface area (Å²) in [4.78, 5) is 0. The molecule has 0 aromatic heterocycles. The standard InChI is InChI=1S/C17H29NO2/c1-17(18,16(19)20)14-10-5-3-2-4-7-11-15-12-8-6-9-13-15/h6,8-9,12-13,16,19-20H,2-5,7,10-11,14,18H2,1H3. The molecule has 0 saturated carbocycles. The average molecular weight is 279 g/mol. The zero-order valence-corrected chi connectivity index (χ0v) is 12.6. The molecule has 0 spiro atoms. The molecule has 0 bridgehead atoms. The van der Waals surface area contributed by atoms with Crippen LogP contribution in [-0.4, -0.2) is 22.0 Å². The molecule has 0 aliphatic heterocycles. The summed E-state index contributed by atoms with van der Waals surface area (Å²) in [6.45, 7) is 1.69. The Morgan fingerprint density at radius 3 is 2.10 bits per heavy atom. The molecule has 0 fully saturated rings. The summed E-state index contributed by atoms with van der Waals surface area (Å²) >= 11 is 0. The highest BCUT2D eigenvalue weighted by atomic mass is 16.5. The number of nitrogens with two attached hydrogens (primary N) is 1. The molecule has 1 atom stereocenters. The van der Waals surface area contributed by atoms with E-state index in [1.54, 1.807) is 6.92 Å². The van der Waals surface area contributed by atoms with E-state index in [9.17, 15) is 0 Å². The van der Waals surface area contributed by atoms with Crippen molar-refractivity contribution in [1.82, 2.24) is 0 Å². The van der Waals surface area contributed by atoms with E-state index < -0.39 is 11.8 Å². The van der Waals surface area contributed by atoms with Crippen molar-refractivity contribution in [2.24, 2.45) is 5.73 Å². The lowest BCUT2D eigenvalue weighted by Crippen LogP contribution is -2.47. The van der Waals surface area contributed by atoms with Crippen molar-refractivity contribution in [3.05, 3.63) is 35.9 Å². The number of aliphatic hydroxyl groups is 2. The van der Waals surface area contributed by atoms with Crippen LogP contribution in [0.25, 0.3) is 0 Å². The highest BCUT2D eigenvalue weighted by molar-refractivity contribution is 5.14. The first-order chi connectivity index (χ1) is 9.52. The van der Waals surface area contributed by atoms with Crippen LogP contribution in [0.2, 0.25) is 0 Å². The van der Waals surface area contributed by atoms with Gasteiger partial charge in [0.15, 0.2) is 6.29 Å². The molecule has 1 rings (SSSR count). The molecule has 0 aliphatic carbocycles. The van der Waals surface area contributed by atoms with Gasteiger partial charge in [-0.05, 0) is 31.7 Å². The van der Waals surface area contributed by atoms with Gasteiger partial charge in [0.2, 0.25) is 0 Å². The summed E-state index contributed by atoms with van der Waals surface area (Å²) in [6.07, 6.45) is 7.43. The number of benzene rings is 1. The average Bonchev–Trinajstić information content (AvgIpc) is 2.42. The minimum Gasteiger partial charge on any atom is -0.367 e. The van der Waals surface area contributed by atoms with E-state index in [2.05, 4.69) is 30.3 Å². The molecule has 1 unspecified atom stereocenters. The Kier molecular flexibility index (Phi) is 7.82. The first-order valence-electron chi connectivity index (χ1n) is 7.71. The third-order valence-electron chi connectivity index (χ3n) is 3.86. The lowest BCUT2D eigenvalue weighted by Gasteiger charge is -2.26. The fraction of sp³-hybridized carbons (Fsp3) is 0.647. The normalized spacial score (nSPS) is 14.4. The maximum Gasteiger partial charge on any atom is 0.169 e. The Hall–Kier alpha value is -0.900. The monoisotopic (exact) mass is 279 g/mol. The molecule has 0 saturated heterocycles. The molecular formula is C17H29NO2. The molecule has 1 aromatic carbocycles. The van der Waals surface area contributed by atoms with Crippen LogP contribution >= 0.6 is 0 Å². The second kappa shape index (κ2) is 9.11. The van der Waals surface area contributed by atoms with Gasteiger partial charge in [-0.25, -0.2) is 0 Å². The van der Waals surface area contributed by atoms with Gasteiger partial charge in [0.25, 0.3) is 0 Å². The molecule has 3 heteroatoms. The molecule has 0 radical (unpaired) electrons. The number of aliphatic hydroxyl groups excluding tert-OH is 1. The summed E-state index contributed by atoms with van der Waals surface area (Å²) < 4.78 is 0. The van der Waals surface area contributed by atoms with Gasteiger partial charge in [0, 0.05) is 0 Å². The maximum atomic E-state index is 9.09. The SMILES string of the molecule is CC(N)(CCCCCCCCc1ccccc1)C(O)O. The van der Waals surface area contributed by atoms with Crippen molar-refractivity contribution in [2.45, 2.75) is 70.1 Å². The summed E-state index contributed by atoms with van der Waals surface area (Å²) in [6, 6.07) is 10.6. The Balaban J connectivity index is 1.95. The van der Waals surface area contributed by atoms with E-state index >= 15 is 0 Å². The number of rotatable bonds is 10. The van der Waals surface area contributed by atoms with Gasteiger partial charge in [0.05, 0.1) is 5.54 Å². The second-order valence-corrected chi connectivity index (χ2v) is 5.99. The molecule has 3 nitrogen and oxygen atoms in total. The van der Waals surface area contributed by atoms with Crippen molar-refractivity contribution >= 4 is 0 Å². The smallest absolute Gasteiger partial charge is 0.169 e. The zero-order chi connectivity index (χ0) is 14.8. The van der Waals surface area contributed by atoms with Crippen LogP contribution < -0.4 is 5.73 Å². The summed E-state index contributed by atoms with van der Waals surface area (Å²) in [7, 11) is 0. The van der Waals surface area contributed by atoms with Gasteiger partial charge in [-0.3, -0.25) is 0 Å². The van der Waals surface area contributed by atoms with Gasteiger partial charge in [-0.1, -0.05) is 62.4 Å². The Morgan fingerprint density at radius 2 is 1.50 bits per heavy atom. The Bertz CT molecular complexity index is 349. The van der Waals surface area contributed by atoms with Crippen molar-refractivity contribution < 1.29 is 10.2 Å². The van der Waals surface area contributed by atoms with Crippen LogP contribution in [-0.2, 0) is 6.42 Å². The van der Waals surface area contributed by atoms with E-state index in [0.717, 1.165) is 12.8 Å². The lowest BCUT2D eigenvalue weighted by atomic mass is 9.94. The third kappa shape index (κ3) is 7.04. The van der Waals surface area contributed by atoms with Crippen LogP contribution in [0.3, 0.4) is 0 Å². The topological polar surface area (TPSA) is 66.5 Å². The minimum atomic E-state index is -1.42. The van der Waals surface area contributed by atoms with E-state index in [4.69, 9.17) is 15.9 Å². The highest BCUT2D eigenvalue weighted by Gasteiger charge is 2.25. The Morgan fingerprint density at radius 1 is 0.950 bits per heavy atom. The Labute approximate surface area is 122 Å². The quantitative estimate of drug-likeness (QED) is 0.455. The first-order valence-corrected chi connectivity index (χ1v) is 7.71. The van der Waals surface area contributed by atoms with Gasteiger partial charge < -0.3 is 15.9 Å². The second-order valence-electron chi connectivity index (χ2n) is 5.99. The van der Waals surface area contributed by atoms with Crippen molar-refractivity contribution in [3.63, 3.8) is 0 Å². The van der Waals surface area contributed by atoms with E-state index in [0.29, 0.717) is 6.42 Å². The molecule has 0 aliphatic rings. The summed E-state index contributed by atoms with van der Waals surface area (Å²) in [5.41, 5.74) is 6.34. The van der Waals surface area contributed by atoms with Crippen LogP contribution in [0.15, 0.2) is 30.3 Å². The highest BCUT2D eigenvalue weighted by Crippen LogP contribution is 2.16. The summed E-state index contributed by atoms with van der Waals surface area (Å²) in [5.74, 6) is 0. The number of hydrogen-bond acceptors (Lipinski definition) is 3. The molecule has 20 heavy (non-hydrogen) atoms. The molecule has 1 aromatic rings. The predicted octanol–water partition coefficient (Wildman–Crippen LogP) is 2.99. The molecule has 0 amide bonds. The van der Waals surface area contributed by atoms with E-state index in [1.165, 1.54) is 37.7 Å². The molecule has 4 N–H and O–H groups in total. The van der Waals surface area contributed by atoms with Crippen LogP contribution in [0.5, 0.6) is 0 Å². The zero-order valence-electron chi connectivity index (χ0n) is 12.6. The van der Waals surface area contributed by atoms with E-state index in [-0.39, 0.29) is 0 Å². The van der Waals surface area contributed by atoms with Gasteiger partial charge in [-0.15, -0.1) is 0 Å². The van der Waals surface area contributed by atoms with E-state index in [1.807, 2.05) is 0 Å². The minimum absolute atomic E-state index is 0.661. The largest absolute Gasteiger partial charge is 0.367 e. The third-order valence-corrected chi connectivity index (χ3v) is 3.86. The first kappa shape index (κ1) is 17.2. The van der Waals surface area contributed by atoms with Crippen molar-refractivity contribution in [2.75, 3.05) is 0 Å². The van der Waals surface area contributed by atoms with Crippen molar-refractivity contribution in [3.8, 4) is 0 Å². The fourth-order valence-corrected chi connectivity index (χ4v) is 2.32. The fourth-order valence-electron chi connectivity index (χ4n) is 2.32. The van der Waals surface area contributed by atoms with Gasteiger partial charge >= 0.3 is 0 Å². The van der Waals surface area contributed by atoms with Crippen molar-refractivity contribution in [1.29, 1.82) is 0 Å². The molecular weight excluding hydrogens is 250 g/mol. The molecule has 114 valence electrons. The summed E-state index contributed by atoms with van der Waals surface area (Å²) in [5, 5.41) is 18.2. The maximum absolute atomic E-state index is 9.09. The van der Waals surface area contributed by atoms with Gasteiger partial charge in [0.1, 0.15) is 0 Å². The van der Waals surface area contributed by atoms with Gasteiger partial charge in [-0.2, -0.15) is 0 Å². The van der Waals surface area contributed by atoms with Crippen LogP contribution in [0.4, 0.5) is 0 Å². The number of hydrogen-bond donors (Lipinski definition) is 3. The van der Waals surface area contributed by atoms with Crippen LogP contribution in [0, 0.1) is 0 Å². The van der Waals surface area contributed by atoms with Crippen LogP contribution in [0.1, 0.15) is 57.4 Å².